The standard InChI is InChI=1S/C18H28O4P2.C8H12.BF4.Rh/c19-9-13-5-6-14(10-20)23(13)17-3-1-2-4-18(17)24-15(11-21)7-8-16(24)12-22;1-2-4-6-8-7-5-3-1;2-1(3,4)5;/h1-4,13-16,19-22H,5-12H2;1-2,7-8H,3-6H2;;/q;;-1;/b;2-1-,8-7-;;/t13-,14-,15-,16-;;;/m1.../s1. The number of benzene rings is 1. The maximum atomic E-state index is 9.82. The first kappa shape index (κ1) is 35.8. The number of allylic oxidation sites excluding steroid dienone is 4. The average Bonchev–Trinajstić information content (AvgIpc) is 3.46. The van der Waals surface area contributed by atoms with Gasteiger partial charge in [-0.3, -0.25) is 0 Å². The molecular weight excluding hydrogens is 628 g/mol. The van der Waals surface area contributed by atoms with E-state index in [1.54, 1.807) is 0 Å². The molecular formula is C26H40BF4O4P2Rh-. The molecule has 4 N–H and O–H groups in total. The van der Waals surface area contributed by atoms with Crippen molar-refractivity contribution in [2.75, 3.05) is 26.4 Å². The van der Waals surface area contributed by atoms with Gasteiger partial charge in [-0.25, -0.2) is 0 Å². The van der Waals surface area contributed by atoms with Crippen LogP contribution in [0.4, 0.5) is 17.3 Å². The van der Waals surface area contributed by atoms with Gasteiger partial charge in [0, 0.05) is 42.1 Å². The molecule has 0 aromatic heterocycles. The van der Waals surface area contributed by atoms with E-state index >= 15 is 0 Å². The van der Waals surface area contributed by atoms with Gasteiger partial charge in [0.25, 0.3) is 0 Å². The first-order valence-corrected chi connectivity index (χ1v) is 16.0. The molecule has 0 spiro atoms. The van der Waals surface area contributed by atoms with Crippen LogP contribution < -0.4 is 10.6 Å². The summed E-state index contributed by atoms with van der Waals surface area (Å²) in [5.74, 6) is 0. The van der Waals surface area contributed by atoms with Crippen LogP contribution in [0.15, 0.2) is 48.6 Å². The molecule has 2 heterocycles. The Morgan fingerprint density at radius 2 is 0.816 bits per heavy atom. The SMILES string of the molecule is C1=C\CC/C=C\CC/1.F[B-](F)(F)F.OC[C@H]1CC[C@H](CO)P1c1ccccc1P1[C@@H](CO)CC[C@@H]1CO.[Rh]. The van der Waals surface area contributed by atoms with Crippen LogP contribution in [0.1, 0.15) is 51.4 Å². The summed E-state index contributed by atoms with van der Waals surface area (Å²) in [5.41, 5.74) is 1.04. The Balaban J connectivity index is 0.000000427. The Morgan fingerprint density at radius 1 is 0.579 bits per heavy atom. The van der Waals surface area contributed by atoms with Crippen molar-refractivity contribution < 1.29 is 57.2 Å². The van der Waals surface area contributed by atoms with Gasteiger partial charge >= 0.3 is 7.25 Å². The minimum Gasteiger partial charge on any atom is -0.418 e. The van der Waals surface area contributed by atoms with Crippen LogP contribution in [-0.4, -0.2) is 76.7 Å². The predicted molar refractivity (Wildman–Crippen MR) is 148 cm³/mol. The summed E-state index contributed by atoms with van der Waals surface area (Å²) in [5, 5.41) is 41.9. The van der Waals surface area contributed by atoms with Crippen LogP contribution in [0, 0.1) is 0 Å². The van der Waals surface area contributed by atoms with E-state index in [0.717, 1.165) is 25.7 Å². The van der Waals surface area contributed by atoms with Crippen molar-refractivity contribution in [3.63, 3.8) is 0 Å². The summed E-state index contributed by atoms with van der Waals surface area (Å²) in [6.45, 7) is 0.727. The number of hydrogen-bond acceptors (Lipinski definition) is 4. The van der Waals surface area contributed by atoms with Crippen molar-refractivity contribution in [1.82, 2.24) is 0 Å². The van der Waals surface area contributed by atoms with E-state index in [2.05, 4.69) is 48.6 Å². The fourth-order valence-electron chi connectivity index (χ4n) is 5.18. The van der Waals surface area contributed by atoms with Gasteiger partial charge in [-0.1, -0.05) is 64.4 Å². The van der Waals surface area contributed by atoms with Crippen molar-refractivity contribution in [3.05, 3.63) is 48.6 Å². The van der Waals surface area contributed by atoms with Gasteiger partial charge in [0.2, 0.25) is 0 Å². The first-order chi connectivity index (χ1) is 17.7. The van der Waals surface area contributed by atoms with Crippen LogP contribution >= 0.6 is 15.8 Å². The predicted octanol–water partition coefficient (Wildman–Crippen LogP) is 4.90. The molecule has 3 aliphatic rings. The third-order valence-electron chi connectivity index (χ3n) is 6.85. The molecule has 0 amide bonds. The molecule has 0 unspecified atom stereocenters. The van der Waals surface area contributed by atoms with Crippen molar-refractivity contribution in [2.24, 2.45) is 0 Å². The molecule has 2 fully saturated rings. The molecule has 1 aliphatic carbocycles. The first-order valence-electron chi connectivity index (χ1n) is 13.0. The smallest absolute Gasteiger partial charge is 0.418 e. The van der Waals surface area contributed by atoms with Crippen LogP contribution in [0.25, 0.3) is 0 Å². The van der Waals surface area contributed by atoms with E-state index in [0.29, 0.717) is 0 Å². The van der Waals surface area contributed by atoms with Gasteiger partial charge in [0.15, 0.2) is 0 Å². The number of aliphatic hydroxyl groups is 4. The van der Waals surface area contributed by atoms with E-state index in [9.17, 15) is 37.7 Å². The number of halogens is 4. The average molecular weight is 668 g/mol. The molecule has 4 rings (SSSR count). The monoisotopic (exact) mass is 668 g/mol. The molecule has 1 radical (unpaired) electrons. The molecule has 38 heavy (non-hydrogen) atoms. The Hall–Kier alpha value is -0.192. The zero-order valence-corrected chi connectivity index (χ0v) is 24.9. The maximum Gasteiger partial charge on any atom is 0.673 e. The van der Waals surface area contributed by atoms with E-state index in [1.165, 1.54) is 36.3 Å². The Morgan fingerprint density at radius 3 is 1.03 bits per heavy atom. The van der Waals surface area contributed by atoms with Crippen LogP contribution in [0.3, 0.4) is 0 Å². The number of rotatable bonds is 6. The van der Waals surface area contributed by atoms with Crippen molar-refractivity contribution >= 4 is 33.7 Å². The molecule has 219 valence electrons. The quantitative estimate of drug-likeness (QED) is 0.151. The zero-order valence-electron chi connectivity index (χ0n) is 21.5. The summed E-state index contributed by atoms with van der Waals surface area (Å²) < 4.78 is 39.0. The van der Waals surface area contributed by atoms with E-state index < -0.39 is 23.1 Å². The fourth-order valence-corrected chi connectivity index (χ4v) is 12.2. The zero-order chi connectivity index (χ0) is 27.3. The third-order valence-corrected chi connectivity index (χ3v) is 13.8. The maximum absolute atomic E-state index is 9.82. The summed E-state index contributed by atoms with van der Waals surface area (Å²) in [7, 11) is -7.20. The number of aliphatic hydroxyl groups excluding tert-OH is 4. The molecule has 1 aromatic carbocycles. The second-order valence-electron chi connectivity index (χ2n) is 9.40. The van der Waals surface area contributed by atoms with E-state index in [1.807, 2.05) is 0 Å². The van der Waals surface area contributed by atoms with Gasteiger partial charge < -0.3 is 37.7 Å². The van der Waals surface area contributed by atoms with Gasteiger partial charge in [-0.2, -0.15) is 0 Å². The summed E-state index contributed by atoms with van der Waals surface area (Å²) >= 11 is 0. The second kappa shape index (κ2) is 19.0. The van der Waals surface area contributed by atoms with Crippen molar-refractivity contribution in [2.45, 2.75) is 74.0 Å². The molecule has 0 saturated carbocycles. The summed E-state index contributed by atoms with van der Waals surface area (Å²) in [4.78, 5) is 0. The van der Waals surface area contributed by atoms with Crippen LogP contribution in [-0.2, 0) is 19.5 Å². The normalized spacial score (nSPS) is 27.6. The van der Waals surface area contributed by atoms with E-state index in [-0.39, 0.29) is 68.5 Å². The van der Waals surface area contributed by atoms with Gasteiger partial charge in [0.05, 0.1) is 26.4 Å². The van der Waals surface area contributed by atoms with Crippen LogP contribution in [0.5, 0.6) is 0 Å². The minimum absolute atomic E-state index is 0. The van der Waals surface area contributed by atoms with Gasteiger partial charge in [-0.05, 0) is 62.0 Å². The third kappa shape index (κ3) is 11.7. The molecule has 0 bridgehead atoms. The van der Waals surface area contributed by atoms with Crippen molar-refractivity contribution in [3.8, 4) is 0 Å². The van der Waals surface area contributed by atoms with Crippen molar-refractivity contribution in [1.29, 1.82) is 0 Å². The molecule has 12 heteroatoms. The summed E-state index contributed by atoms with van der Waals surface area (Å²) in [6.07, 6.45) is 17.9. The van der Waals surface area contributed by atoms with Gasteiger partial charge in [-0.15, -0.1) is 0 Å². The molecule has 2 saturated heterocycles. The Kier molecular flexibility index (Phi) is 17.9. The molecule has 1 aromatic rings. The largest absolute Gasteiger partial charge is 0.673 e. The Labute approximate surface area is 239 Å². The molecule has 4 nitrogen and oxygen atoms in total. The number of hydrogen-bond donors (Lipinski definition) is 4. The molecule has 4 atom stereocenters. The van der Waals surface area contributed by atoms with Gasteiger partial charge in [0.1, 0.15) is 0 Å². The fraction of sp³-hybridized carbons (Fsp3) is 0.615. The summed E-state index contributed by atoms with van der Waals surface area (Å²) in [6, 6.07) is 8.44. The van der Waals surface area contributed by atoms with E-state index in [4.69, 9.17) is 0 Å². The second-order valence-corrected chi connectivity index (χ2v) is 14.9. The Bertz CT molecular complexity index is 747. The minimum atomic E-state index is -6.00. The topological polar surface area (TPSA) is 80.9 Å². The van der Waals surface area contributed by atoms with Crippen LogP contribution in [0.2, 0.25) is 0 Å². The molecule has 2 aliphatic heterocycles.